The molecule has 2 aliphatic carbocycles. The summed E-state index contributed by atoms with van der Waals surface area (Å²) in [5, 5.41) is 8.58. The Morgan fingerprint density at radius 3 is 1.95 bits per heavy atom. The summed E-state index contributed by atoms with van der Waals surface area (Å²) in [5.41, 5.74) is 0. The van der Waals surface area contributed by atoms with Crippen LogP contribution >= 0.6 is 0 Å². The summed E-state index contributed by atoms with van der Waals surface area (Å²) >= 11 is 0. The van der Waals surface area contributed by atoms with Crippen LogP contribution in [0, 0.1) is 23.7 Å². The first kappa shape index (κ1) is 17.8. The van der Waals surface area contributed by atoms with Crippen molar-refractivity contribution >= 4 is 5.97 Å². The van der Waals surface area contributed by atoms with Gasteiger partial charge in [0.25, 0.3) is 0 Å². The predicted molar refractivity (Wildman–Crippen MR) is 91.9 cm³/mol. The van der Waals surface area contributed by atoms with E-state index in [-0.39, 0.29) is 0 Å². The molecule has 2 fully saturated rings. The smallest absolute Gasteiger partial charge is 0.303 e. The van der Waals surface area contributed by atoms with E-state index in [0.717, 1.165) is 36.5 Å². The molecule has 2 rings (SSSR count). The Morgan fingerprint density at radius 1 is 0.818 bits per heavy atom. The van der Waals surface area contributed by atoms with Gasteiger partial charge in [0.1, 0.15) is 0 Å². The van der Waals surface area contributed by atoms with Crippen molar-refractivity contribution in [2.75, 3.05) is 0 Å². The topological polar surface area (TPSA) is 37.3 Å². The molecular weight excluding hydrogens is 272 g/mol. The standard InChI is InChI=1S/C20H36O2/c1-2-3-7-10-16-13-18(16)15-19-14-17(19)11-8-5-4-6-9-12-20(21)22/h16-19H,2-15H2,1H3,(H,21,22)/t16-,17+,18?,19-/m1/s1. The van der Waals surface area contributed by atoms with Gasteiger partial charge in [0.15, 0.2) is 0 Å². The fourth-order valence-corrected chi connectivity index (χ4v) is 4.16. The Labute approximate surface area is 137 Å². The quantitative estimate of drug-likeness (QED) is 0.397. The van der Waals surface area contributed by atoms with E-state index >= 15 is 0 Å². The van der Waals surface area contributed by atoms with E-state index in [0.29, 0.717) is 6.42 Å². The first-order valence-corrected chi connectivity index (χ1v) is 9.92. The predicted octanol–water partition coefficient (Wildman–Crippen LogP) is 6.04. The molecule has 0 radical (unpaired) electrons. The number of carboxylic acids is 1. The third-order valence-corrected chi connectivity index (χ3v) is 5.89. The largest absolute Gasteiger partial charge is 0.481 e. The number of carbonyl (C=O) groups is 1. The van der Waals surface area contributed by atoms with Crippen LogP contribution < -0.4 is 0 Å². The van der Waals surface area contributed by atoms with Crippen LogP contribution in [0.3, 0.4) is 0 Å². The third-order valence-electron chi connectivity index (χ3n) is 5.89. The van der Waals surface area contributed by atoms with E-state index < -0.39 is 5.97 Å². The zero-order valence-electron chi connectivity index (χ0n) is 14.6. The molecule has 0 aromatic rings. The Morgan fingerprint density at radius 2 is 1.36 bits per heavy atom. The molecule has 0 bridgehead atoms. The molecule has 2 heteroatoms. The van der Waals surface area contributed by atoms with Crippen molar-refractivity contribution in [1.29, 1.82) is 0 Å². The van der Waals surface area contributed by atoms with Crippen molar-refractivity contribution in [3.05, 3.63) is 0 Å². The Balaban J connectivity index is 1.36. The van der Waals surface area contributed by atoms with E-state index in [1.807, 2.05) is 0 Å². The van der Waals surface area contributed by atoms with Crippen LogP contribution in [0.4, 0.5) is 0 Å². The minimum Gasteiger partial charge on any atom is -0.481 e. The summed E-state index contributed by atoms with van der Waals surface area (Å²) in [4.78, 5) is 10.4. The van der Waals surface area contributed by atoms with E-state index in [1.165, 1.54) is 64.2 Å². The van der Waals surface area contributed by atoms with E-state index in [9.17, 15) is 4.79 Å². The van der Waals surface area contributed by atoms with Crippen LogP contribution in [0.25, 0.3) is 0 Å². The summed E-state index contributed by atoms with van der Waals surface area (Å²) in [7, 11) is 0. The van der Waals surface area contributed by atoms with Gasteiger partial charge in [-0.05, 0) is 49.4 Å². The number of rotatable bonds is 14. The SMILES string of the molecule is CCCCC[C@@H]1CC1C[C@H]1C[C@@H]1CCCCCCCC(=O)O. The molecule has 0 saturated heterocycles. The molecule has 0 spiro atoms. The molecular formula is C20H36O2. The van der Waals surface area contributed by atoms with Gasteiger partial charge in [-0.3, -0.25) is 4.79 Å². The van der Waals surface area contributed by atoms with Crippen LogP contribution in [0.1, 0.15) is 96.8 Å². The molecule has 128 valence electrons. The van der Waals surface area contributed by atoms with E-state index in [1.54, 1.807) is 6.42 Å². The van der Waals surface area contributed by atoms with E-state index in [4.69, 9.17) is 5.11 Å². The van der Waals surface area contributed by atoms with Crippen LogP contribution in [-0.4, -0.2) is 11.1 Å². The fourth-order valence-electron chi connectivity index (χ4n) is 4.16. The van der Waals surface area contributed by atoms with Crippen molar-refractivity contribution in [3.63, 3.8) is 0 Å². The number of unbranched alkanes of at least 4 members (excludes halogenated alkanes) is 6. The summed E-state index contributed by atoms with van der Waals surface area (Å²) in [6, 6.07) is 0. The van der Waals surface area contributed by atoms with Gasteiger partial charge in [0.2, 0.25) is 0 Å². The summed E-state index contributed by atoms with van der Waals surface area (Å²) in [5.74, 6) is 3.68. The molecule has 2 aliphatic rings. The minimum atomic E-state index is -0.645. The van der Waals surface area contributed by atoms with Crippen LogP contribution in [0.15, 0.2) is 0 Å². The molecule has 2 saturated carbocycles. The highest BCUT2D eigenvalue weighted by atomic mass is 16.4. The number of hydrogen-bond acceptors (Lipinski definition) is 1. The lowest BCUT2D eigenvalue weighted by Crippen LogP contribution is -1.93. The lowest BCUT2D eigenvalue weighted by atomic mass is 10.0. The van der Waals surface area contributed by atoms with Gasteiger partial charge in [-0.2, -0.15) is 0 Å². The second kappa shape index (κ2) is 9.57. The highest BCUT2D eigenvalue weighted by Crippen LogP contribution is 2.54. The average molecular weight is 309 g/mol. The average Bonchev–Trinajstić information content (AvgIpc) is 3.38. The lowest BCUT2D eigenvalue weighted by Gasteiger charge is -2.02. The molecule has 2 nitrogen and oxygen atoms in total. The summed E-state index contributed by atoms with van der Waals surface area (Å²) in [6.45, 7) is 2.30. The highest BCUT2D eigenvalue weighted by molar-refractivity contribution is 5.66. The van der Waals surface area contributed by atoms with Crippen molar-refractivity contribution in [3.8, 4) is 0 Å². The Kier molecular flexibility index (Phi) is 7.75. The second-order valence-electron chi connectivity index (χ2n) is 7.94. The van der Waals surface area contributed by atoms with Crippen molar-refractivity contribution in [2.45, 2.75) is 96.8 Å². The maximum Gasteiger partial charge on any atom is 0.303 e. The zero-order valence-corrected chi connectivity index (χ0v) is 14.6. The van der Waals surface area contributed by atoms with Gasteiger partial charge in [-0.25, -0.2) is 0 Å². The molecule has 0 aliphatic heterocycles. The van der Waals surface area contributed by atoms with Crippen molar-refractivity contribution in [2.24, 2.45) is 23.7 Å². The first-order valence-electron chi connectivity index (χ1n) is 9.92. The monoisotopic (exact) mass is 308 g/mol. The van der Waals surface area contributed by atoms with Gasteiger partial charge < -0.3 is 5.11 Å². The number of hydrogen-bond donors (Lipinski definition) is 1. The molecule has 0 heterocycles. The van der Waals surface area contributed by atoms with Crippen molar-refractivity contribution in [1.82, 2.24) is 0 Å². The van der Waals surface area contributed by atoms with Crippen molar-refractivity contribution < 1.29 is 9.90 Å². The summed E-state index contributed by atoms with van der Waals surface area (Å²) < 4.78 is 0. The van der Waals surface area contributed by atoms with E-state index in [2.05, 4.69) is 6.92 Å². The van der Waals surface area contributed by atoms with Crippen LogP contribution in [0.5, 0.6) is 0 Å². The first-order chi connectivity index (χ1) is 10.7. The zero-order chi connectivity index (χ0) is 15.8. The Bertz CT molecular complexity index is 326. The molecule has 4 atom stereocenters. The van der Waals surface area contributed by atoms with Gasteiger partial charge in [-0.15, -0.1) is 0 Å². The molecule has 0 aromatic heterocycles. The van der Waals surface area contributed by atoms with Gasteiger partial charge in [0, 0.05) is 6.42 Å². The van der Waals surface area contributed by atoms with Gasteiger partial charge in [-0.1, -0.05) is 64.7 Å². The van der Waals surface area contributed by atoms with Gasteiger partial charge >= 0.3 is 5.97 Å². The fraction of sp³-hybridized carbons (Fsp3) is 0.950. The highest BCUT2D eigenvalue weighted by Gasteiger charge is 2.44. The van der Waals surface area contributed by atoms with Crippen LogP contribution in [-0.2, 0) is 4.79 Å². The maximum atomic E-state index is 10.4. The molecule has 1 N–H and O–H groups in total. The maximum absolute atomic E-state index is 10.4. The summed E-state index contributed by atoms with van der Waals surface area (Å²) in [6.07, 6.45) is 18.0. The second-order valence-corrected chi connectivity index (χ2v) is 7.94. The van der Waals surface area contributed by atoms with Crippen LogP contribution in [0.2, 0.25) is 0 Å². The van der Waals surface area contributed by atoms with Gasteiger partial charge in [0.05, 0.1) is 0 Å². The normalized spacial score (nSPS) is 29.5. The lowest BCUT2D eigenvalue weighted by molar-refractivity contribution is -0.137. The molecule has 22 heavy (non-hydrogen) atoms. The molecule has 1 unspecified atom stereocenters. The minimum absolute atomic E-state index is 0.353. The Hall–Kier alpha value is -0.530. The third kappa shape index (κ3) is 7.15. The number of carboxylic acid groups (broad SMARTS) is 1. The molecule has 0 aromatic carbocycles. The molecule has 0 amide bonds. The number of aliphatic carboxylic acids is 1.